The third kappa shape index (κ3) is 3.92. The van der Waals surface area contributed by atoms with Gasteiger partial charge in [-0.2, -0.15) is 0 Å². The number of hydrogen-bond donors (Lipinski definition) is 0. The molecule has 4 nitrogen and oxygen atoms in total. The van der Waals surface area contributed by atoms with E-state index in [0.29, 0.717) is 16.5 Å². The normalized spacial score (nSPS) is 10.2. The van der Waals surface area contributed by atoms with Crippen molar-refractivity contribution < 1.29 is 19.0 Å². The van der Waals surface area contributed by atoms with Crippen LogP contribution in [-0.2, 0) is 11.3 Å². The first kappa shape index (κ1) is 16.2. The van der Waals surface area contributed by atoms with Crippen molar-refractivity contribution >= 4 is 17.8 Å². The Bertz CT molecular complexity index is 682. The highest BCUT2D eigenvalue weighted by Crippen LogP contribution is 2.29. The average Bonchev–Trinajstić information content (AvgIpc) is 2.48. The summed E-state index contributed by atoms with van der Waals surface area (Å²) in [5.74, 6) is 0.995. The van der Waals surface area contributed by atoms with Crippen LogP contribution in [0.3, 0.4) is 0 Å². The summed E-state index contributed by atoms with van der Waals surface area (Å²) < 4.78 is 15.4. The van der Waals surface area contributed by atoms with Crippen molar-refractivity contribution in [2.24, 2.45) is 0 Å². The summed E-state index contributed by atoms with van der Waals surface area (Å²) >= 11 is 6.15. The summed E-state index contributed by atoms with van der Waals surface area (Å²) in [5, 5.41) is 0.545. The molecule has 0 bridgehead atoms. The Kier molecular flexibility index (Phi) is 5.28. The summed E-state index contributed by atoms with van der Waals surface area (Å²) in [6.07, 6.45) is -0.764. The Morgan fingerprint density at radius 3 is 2.59 bits per heavy atom. The standard InChI is InChI=1S/C17H17ClO4/c1-11-7-8-16(14(18)9-11)21-10-13-12(2)5-4-6-15(13)22-17(19)20-3/h4-9H,10H2,1-3H3. The molecule has 0 N–H and O–H groups in total. The lowest BCUT2D eigenvalue weighted by Gasteiger charge is -2.14. The molecule has 116 valence electrons. The molecule has 0 unspecified atom stereocenters. The molecule has 0 saturated carbocycles. The fourth-order valence-electron chi connectivity index (χ4n) is 1.96. The molecule has 0 fully saturated rings. The van der Waals surface area contributed by atoms with Crippen LogP contribution in [-0.4, -0.2) is 13.3 Å². The van der Waals surface area contributed by atoms with E-state index in [1.165, 1.54) is 7.11 Å². The van der Waals surface area contributed by atoms with Crippen molar-refractivity contribution in [2.45, 2.75) is 20.5 Å². The van der Waals surface area contributed by atoms with Gasteiger partial charge >= 0.3 is 6.16 Å². The second-order valence-corrected chi connectivity index (χ2v) is 5.24. The summed E-state index contributed by atoms with van der Waals surface area (Å²) in [4.78, 5) is 11.3. The van der Waals surface area contributed by atoms with Gasteiger partial charge < -0.3 is 14.2 Å². The number of ether oxygens (including phenoxy) is 3. The third-order valence-electron chi connectivity index (χ3n) is 3.19. The van der Waals surface area contributed by atoms with E-state index in [-0.39, 0.29) is 6.61 Å². The van der Waals surface area contributed by atoms with Gasteiger partial charge in [-0.3, -0.25) is 0 Å². The van der Waals surface area contributed by atoms with Crippen LogP contribution in [0, 0.1) is 13.8 Å². The third-order valence-corrected chi connectivity index (χ3v) is 3.48. The predicted octanol–water partition coefficient (Wildman–Crippen LogP) is 4.68. The van der Waals surface area contributed by atoms with E-state index >= 15 is 0 Å². The molecule has 0 aliphatic rings. The SMILES string of the molecule is COC(=O)Oc1cccc(C)c1COc1ccc(C)cc1Cl. The maximum atomic E-state index is 11.3. The number of carbonyl (C=O) groups excluding carboxylic acids is 1. The summed E-state index contributed by atoms with van der Waals surface area (Å²) in [5.41, 5.74) is 2.78. The molecule has 0 radical (unpaired) electrons. The number of methoxy groups -OCH3 is 1. The van der Waals surface area contributed by atoms with Crippen molar-refractivity contribution in [1.82, 2.24) is 0 Å². The number of halogens is 1. The van der Waals surface area contributed by atoms with Crippen LogP contribution in [0.4, 0.5) is 4.79 Å². The minimum atomic E-state index is -0.764. The van der Waals surface area contributed by atoms with Crippen LogP contribution >= 0.6 is 11.6 Å². The maximum absolute atomic E-state index is 11.3. The number of aryl methyl sites for hydroxylation is 2. The first-order valence-corrected chi connectivity index (χ1v) is 7.12. The predicted molar refractivity (Wildman–Crippen MR) is 84.7 cm³/mol. The molecule has 0 atom stereocenters. The molecular formula is C17H17ClO4. The Morgan fingerprint density at radius 1 is 1.14 bits per heavy atom. The van der Waals surface area contributed by atoms with Crippen molar-refractivity contribution in [1.29, 1.82) is 0 Å². The molecular weight excluding hydrogens is 304 g/mol. The lowest BCUT2D eigenvalue weighted by molar-refractivity contribution is 0.120. The maximum Gasteiger partial charge on any atom is 0.513 e. The van der Waals surface area contributed by atoms with Crippen LogP contribution in [0.15, 0.2) is 36.4 Å². The highest BCUT2D eigenvalue weighted by atomic mass is 35.5. The van der Waals surface area contributed by atoms with Crippen LogP contribution in [0.5, 0.6) is 11.5 Å². The molecule has 0 aromatic heterocycles. The molecule has 0 aliphatic heterocycles. The molecule has 2 rings (SSSR count). The second kappa shape index (κ2) is 7.18. The zero-order chi connectivity index (χ0) is 16.1. The van der Waals surface area contributed by atoms with Gasteiger partial charge in [0.2, 0.25) is 0 Å². The van der Waals surface area contributed by atoms with E-state index < -0.39 is 6.16 Å². The van der Waals surface area contributed by atoms with Gasteiger partial charge in [0.25, 0.3) is 0 Å². The van der Waals surface area contributed by atoms with Gasteiger partial charge in [0.1, 0.15) is 18.1 Å². The Balaban J connectivity index is 2.19. The van der Waals surface area contributed by atoms with Gasteiger partial charge in [-0.05, 0) is 43.2 Å². The van der Waals surface area contributed by atoms with Crippen molar-refractivity contribution in [3.63, 3.8) is 0 Å². The molecule has 0 saturated heterocycles. The van der Waals surface area contributed by atoms with Gasteiger partial charge in [0.15, 0.2) is 0 Å². The monoisotopic (exact) mass is 320 g/mol. The van der Waals surface area contributed by atoms with Gasteiger partial charge in [-0.1, -0.05) is 29.8 Å². The Hall–Kier alpha value is -2.20. The van der Waals surface area contributed by atoms with Gasteiger partial charge in [-0.25, -0.2) is 4.79 Å². The first-order chi connectivity index (χ1) is 10.5. The number of carbonyl (C=O) groups is 1. The lowest BCUT2D eigenvalue weighted by Crippen LogP contribution is -2.10. The summed E-state index contributed by atoms with van der Waals surface area (Å²) in [6, 6.07) is 11.0. The largest absolute Gasteiger partial charge is 0.513 e. The van der Waals surface area contributed by atoms with Crippen LogP contribution in [0.1, 0.15) is 16.7 Å². The highest BCUT2D eigenvalue weighted by Gasteiger charge is 2.13. The van der Waals surface area contributed by atoms with E-state index in [1.807, 2.05) is 38.1 Å². The summed E-state index contributed by atoms with van der Waals surface area (Å²) in [7, 11) is 1.26. The molecule has 2 aromatic rings. The number of rotatable bonds is 4. The molecule has 0 heterocycles. The van der Waals surface area contributed by atoms with Crippen molar-refractivity contribution in [3.8, 4) is 11.5 Å². The van der Waals surface area contributed by atoms with E-state index in [2.05, 4.69) is 4.74 Å². The smallest absolute Gasteiger partial charge is 0.487 e. The molecule has 0 aliphatic carbocycles. The first-order valence-electron chi connectivity index (χ1n) is 6.74. The zero-order valence-corrected chi connectivity index (χ0v) is 13.4. The topological polar surface area (TPSA) is 44.8 Å². The van der Waals surface area contributed by atoms with Crippen LogP contribution < -0.4 is 9.47 Å². The van der Waals surface area contributed by atoms with Crippen molar-refractivity contribution in [2.75, 3.05) is 7.11 Å². The van der Waals surface area contributed by atoms with Crippen LogP contribution in [0.2, 0.25) is 5.02 Å². The fourth-order valence-corrected chi connectivity index (χ4v) is 2.25. The van der Waals surface area contributed by atoms with E-state index in [4.69, 9.17) is 21.1 Å². The van der Waals surface area contributed by atoms with Crippen LogP contribution in [0.25, 0.3) is 0 Å². The van der Waals surface area contributed by atoms with Gasteiger partial charge in [0, 0.05) is 5.56 Å². The Morgan fingerprint density at radius 2 is 1.91 bits per heavy atom. The minimum absolute atomic E-state index is 0.238. The minimum Gasteiger partial charge on any atom is -0.487 e. The Labute approximate surface area is 134 Å². The van der Waals surface area contributed by atoms with Crippen molar-refractivity contribution in [3.05, 3.63) is 58.1 Å². The number of hydrogen-bond acceptors (Lipinski definition) is 4. The molecule has 2 aromatic carbocycles. The quantitative estimate of drug-likeness (QED) is 0.606. The fraction of sp³-hybridized carbons (Fsp3) is 0.235. The van der Waals surface area contributed by atoms with Gasteiger partial charge in [0.05, 0.1) is 12.1 Å². The van der Waals surface area contributed by atoms with E-state index in [1.54, 1.807) is 12.1 Å². The lowest BCUT2D eigenvalue weighted by atomic mass is 10.1. The second-order valence-electron chi connectivity index (χ2n) is 4.83. The molecule has 0 amide bonds. The van der Waals surface area contributed by atoms with E-state index in [0.717, 1.165) is 16.7 Å². The zero-order valence-electron chi connectivity index (χ0n) is 12.7. The average molecular weight is 321 g/mol. The number of benzene rings is 2. The summed E-state index contributed by atoms with van der Waals surface area (Å²) in [6.45, 7) is 4.11. The highest BCUT2D eigenvalue weighted by molar-refractivity contribution is 6.32. The van der Waals surface area contributed by atoms with Gasteiger partial charge in [-0.15, -0.1) is 0 Å². The molecule has 5 heteroatoms. The molecule has 22 heavy (non-hydrogen) atoms. The molecule has 0 spiro atoms. The van der Waals surface area contributed by atoms with E-state index in [9.17, 15) is 4.79 Å².